The first-order chi connectivity index (χ1) is 11.6. The van der Waals surface area contributed by atoms with Crippen LogP contribution in [0.3, 0.4) is 0 Å². The second-order valence-corrected chi connectivity index (χ2v) is 6.04. The molecule has 5 heteroatoms. The molecule has 3 rings (SSSR count). The fourth-order valence-electron chi connectivity index (χ4n) is 2.45. The lowest BCUT2D eigenvalue weighted by Gasteiger charge is -2.29. The summed E-state index contributed by atoms with van der Waals surface area (Å²) in [5.41, 5.74) is 0.885. The van der Waals surface area contributed by atoms with Crippen LogP contribution in [-0.2, 0) is 4.79 Å². The second-order valence-electron chi connectivity index (χ2n) is 5.60. The van der Waals surface area contributed by atoms with Crippen molar-refractivity contribution in [2.75, 3.05) is 20.2 Å². The van der Waals surface area contributed by atoms with E-state index in [0.29, 0.717) is 23.9 Å². The highest BCUT2D eigenvalue weighted by Gasteiger charge is 2.22. The minimum absolute atomic E-state index is 0.0996. The molecular formula is C19H18ClNO3. The van der Waals surface area contributed by atoms with Gasteiger partial charge in [-0.15, -0.1) is 0 Å². The summed E-state index contributed by atoms with van der Waals surface area (Å²) in [6.07, 6.45) is 3.09. The van der Waals surface area contributed by atoms with Gasteiger partial charge in [0.2, 0.25) is 5.91 Å². The predicted octanol–water partition coefficient (Wildman–Crippen LogP) is 3.65. The first-order valence-electron chi connectivity index (χ1n) is 7.69. The van der Waals surface area contributed by atoms with Gasteiger partial charge in [-0.1, -0.05) is 35.9 Å². The average molecular weight is 344 g/mol. The Labute approximate surface area is 146 Å². The molecule has 0 saturated carbocycles. The van der Waals surface area contributed by atoms with Crippen LogP contribution in [0.2, 0.25) is 5.02 Å². The van der Waals surface area contributed by atoms with Gasteiger partial charge in [-0.3, -0.25) is 4.79 Å². The number of ether oxygens (including phenoxy) is 2. The van der Waals surface area contributed by atoms with Crippen molar-refractivity contribution in [3.05, 3.63) is 65.2 Å². The zero-order valence-electron chi connectivity index (χ0n) is 13.3. The number of benzene rings is 2. The molecule has 1 amide bonds. The number of hydrogen-bond acceptors (Lipinski definition) is 3. The number of halogens is 1. The van der Waals surface area contributed by atoms with Crippen molar-refractivity contribution in [1.29, 1.82) is 0 Å². The number of hydrogen-bond donors (Lipinski definition) is 0. The number of carbonyl (C=O) groups is 1. The molecule has 0 aliphatic carbocycles. The summed E-state index contributed by atoms with van der Waals surface area (Å²) in [7, 11) is 1.74. The molecule has 2 aromatic rings. The normalized spacial score (nSPS) is 16.2. The third kappa shape index (κ3) is 4.09. The number of amides is 1. The number of rotatable bonds is 4. The summed E-state index contributed by atoms with van der Waals surface area (Å²) in [6, 6.07) is 14.9. The van der Waals surface area contributed by atoms with Crippen LogP contribution < -0.4 is 9.47 Å². The van der Waals surface area contributed by atoms with E-state index < -0.39 is 0 Å². The molecular weight excluding hydrogens is 326 g/mol. The molecule has 0 bridgehead atoms. The summed E-state index contributed by atoms with van der Waals surface area (Å²) >= 11 is 5.93. The maximum atomic E-state index is 12.2. The first kappa shape index (κ1) is 16.4. The van der Waals surface area contributed by atoms with E-state index in [1.807, 2.05) is 36.4 Å². The number of para-hydroxylation sites is 2. The zero-order chi connectivity index (χ0) is 16.9. The van der Waals surface area contributed by atoms with E-state index >= 15 is 0 Å². The average Bonchev–Trinajstić information content (AvgIpc) is 2.59. The van der Waals surface area contributed by atoms with E-state index in [1.165, 1.54) is 6.08 Å². The molecule has 1 atom stereocenters. The molecule has 0 saturated heterocycles. The standard InChI is InChI=1S/C19H18ClNO3/c1-21(19(22)10-9-14-5-4-6-15(20)11-14)12-16-13-23-17-7-2-3-8-18(17)24-16/h2-11,16H,12-13H2,1H3/b10-9+. The SMILES string of the molecule is CN(CC1COc2ccccc2O1)C(=O)/C=C/c1cccc(Cl)c1. The maximum Gasteiger partial charge on any atom is 0.246 e. The Bertz CT molecular complexity index is 760. The first-order valence-corrected chi connectivity index (χ1v) is 8.07. The van der Waals surface area contributed by atoms with E-state index in [4.69, 9.17) is 21.1 Å². The van der Waals surface area contributed by atoms with E-state index in [0.717, 1.165) is 11.3 Å². The van der Waals surface area contributed by atoms with Gasteiger partial charge >= 0.3 is 0 Å². The van der Waals surface area contributed by atoms with E-state index in [9.17, 15) is 4.79 Å². The predicted molar refractivity (Wildman–Crippen MR) is 94.5 cm³/mol. The highest BCUT2D eigenvalue weighted by atomic mass is 35.5. The molecule has 0 fully saturated rings. The van der Waals surface area contributed by atoms with Gasteiger partial charge in [0.15, 0.2) is 17.6 Å². The molecule has 1 unspecified atom stereocenters. The summed E-state index contributed by atoms with van der Waals surface area (Å²) in [6.45, 7) is 0.875. The Morgan fingerprint density at radius 1 is 1.25 bits per heavy atom. The summed E-state index contributed by atoms with van der Waals surface area (Å²) < 4.78 is 11.5. The third-order valence-electron chi connectivity index (χ3n) is 3.69. The van der Waals surface area contributed by atoms with Crippen molar-refractivity contribution in [2.45, 2.75) is 6.10 Å². The lowest BCUT2D eigenvalue weighted by atomic mass is 10.2. The largest absolute Gasteiger partial charge is 0.486 e. The molecule has 0 aromatic heterocycles. The molecule has 124 valence electrons. The fraction of sp³-hybridized carbons (Fsp3) is 0.211. The summed E-state index contributed by atoms with van der Waals surface area (Å²) in [4.78, 5) is 13.8. The second kappa shape index (κ2) is 7.41. The lowest BCUT2D eigenvalue weighted by molar-refractivity contribution is -0.126. The van der Waals surface area contributed by atoms with Gasteiger partial charge in [0.05, 0.1) is 6.54 Å². The number of likely N-dealkylation sites (N-methyl/N-ethyl adjacent to an activating group) is 1. The molecule has 24 heavy (non-hydrogen) atoms. The Hall–Kier alpha value is -2.46. The molecule has 1 aliphatic rings. The van der Waals surface area contributed by atoms with Crippen molar-refractivity contribution >= 4 is 23.6 Å². The van der Waals surface area contributed by atoms with Gasteiger partial charge < -0.3 is 14.4 Å². The molecule has 1 heterocycles. The van der Waals surface area contributed by atoms with Crippen LogP contribution in [-0.4, -0.2) is 37.1 Å². The van der Waals surface area contributed by atoms with Crippen LogP contribution in [0.5, 0.6) is 11.5 Å². The Kier molecular flexibility index (Phi) is 5.06. The third-order valence-corrected chi connectivity index (χ3v) is 3.92. The van der Waals surface area contributed by atoms with Crippen molar-refractivity contribution in [3.8, 4) is 11.5 Å². The van der Waals surface area contributed by atoms with E-state index in [-0.39, 0.29) is 12.0 Å². The van der Waals surface area contributed by atoms with Crippen molar-refractivity contribution in [2.24, 2.45) is 0 Å². The smallest absolute Gasteiger partial charge is 0.246 e. The van der Waals surface area contributed by atoms with Crippen LogP contribution in [0.25, 0.3) is 6.08 Å². The minimum atomic E-state index is -0.187. The fourth-order valence-corrected chi connectivity index (χ4v) is 2.65. The van der Waals surface area contributed by atoms with Gasteiger partial charge in [0.25, 0.3) is 0 Å². The molecule has 1 aliphatic heterocycles. The van der Waals surface area contributed by atoms with E-state index in [2.05, 4.69) is 0 Å². The van der Waals surface area contributed by atoms with Gasteiger partial charge in [0, 0.05) is 18.1 Å². The van der Waals surface area contributed by atoms with Crippen LogP contribution in [0.15, 0.2) is 54.6 Å². The Morgan fingerprint density at radius 2 is 2.04 bits per heavy atom. The zero-order valence-corrected chi connectivity index (χ0v) is 14.1. The molecule has 0 radical (unpaired) electrons. The van der Waals surface area contributed by atoms with Crippen molar-refractivity contribution in [1.82, 2.24) is 4.90 Å². The maximum absolute atomic E-state index is 12.2. The van der Waals surface area contributed by atoms with Crippen LogP contribution in [0.1, 0.15) is 5.56 Å². The van der Waals surface area contributed by atoms with Crippen LogP contribution in [0, 0.1) is 0 Å². The van der Waals surface area contributed by atoms with Crippen LogP contribution in [0.4, 0.5) is 0 Å². The van der Waals surface area contributed by atoms with Gasteiger partial charge in [-0.05, 0) is 35.9 Å². The van der Waals surface area contributed by atoms with Crippen LogP contribution >= 0.6 is 11.6 Å². The molecule has 4 nitrogen and oxygen atoms in total. The number of nitrogens with zero attached hydrogens (tertiary/aromatic N) is 1. The quantitative estimate of drug-likeness (QED) is 0.795. The molecule has 2 aromatic carbocycles. The van der Waals surface area contributed by atoms with Crippen molar-refractivity contribution in [3.63, 3.8) is 0 Å². The van der Waals surface area contributed by atoms with Gasteiger partial charge in [-0.2, -0.15) is 0 Å². The number of fused-ring (bicyclic) bond motifs is 1. The Morgan fingerprint density at radius 3 is 2.83 bits per heavy atom. The summed E-state index contributed by atoms with van der Waals surface area (Å²) in [5, 5.41) is 0.643. The monoisotopic (exact) mass is 343 g/mol. The van der Waals surface area contributed by atoms with E-state index in [1.54, 1.807) is 30.2 Å². The molecule has 0 N–H and O–H groups in total. The number of carbonyl (C=O) groups excluding carboxylic acids is 1. The minimum Gasteiger partial charge on any atom is -0.486 e. The highest BCUT2D eigenvalue weighted by molar-refractivity contribution is 6.30. The Balaban J connectivity index is 1.57. The topological polar surface area (TPSA) is 38.8 Å². The van der Waals surface area contributed by atoms with Gasteiger partial charge in [0.1, 0.15) is 6.61 Å². The van der Waals surface area contributed by atoms with Crippen molar-refractivity contribution < 1.29 is 14.3 Å². The lowest BCUT2D eigenvalue weighted by Crippen LogP contribution is -2.41. The highest BCUT2D eigenvalue weighted by Crippen LogP contribution is 2.30. The van der Waals surface area contributed by atoms with Gasteiger partial charge in [-0.25, -0.2) is 0 Å². The molecule has 0 spiro atoms. The summed E-state index contributed by atoms with van der Waals surface area (Å²) in [5.74, 6) is 1.35.